The molecule has 1 amide bonds. The first-order chi connectivity index (χ1) is 9.47. The molecule has 2 rings (SSSR count). The fourth-order valence-electron chi connectivity index (χ4n) is 1.56. The van der Waals surface area contributed by atoms with Crippen LogP contribution < -0.4 is 5.32 Å². The van der Waals surface area contributed by atoms with Crippen molar-refractivity contribution in [3.8, 4) is 0 Å². The summed E-state index contributed by atoms with van der Waals surface area (Å²) in [6.07, 6.45) is 3.13. The maximum atomic E-state index is 13.0. The van der Waals surface area contributed by atoms with Crippen molar-refractivity contribution in [2.24, 2.45) is 0 Å². The van der Waals surface area contributed by atoms with Gasteiger partial charge in [0.05, 0.1) is 18.4 Å². The molecule has 1 aromatic heterocycles. The van der Waals surface area contributed by atoms with Crippen LogP contribution in [0.25, 0.3) is 0 Å². The largest absolute Gasteiger partial charge is 0.334 e. The lowest BCUT2D eigenvalue weighted by molar-refractivity contribution is -0.116. The van der Waals surface area contributed by atoms with Crippen molar-refractivity contribution >= 4 is 21.8 Å². The van der Waals surface area contributed by atoms with Crippen molar-refractivity contribution in [1.29, 1.82) is 0 Å². The van der Waals surface area contributed by atoms with Crippen molar-refractivity contribution in [2.45, 2.75) is 17.9 Å². The van der Waals surface area contributed by atoms with E-state index >= 15 is 0 Å². The Balaban J connectivity index is 2.05. The number of hydrogen-bond donors (Lipinski definition) is 1. The number of hydrogen-bond acceptors (Lipinski definition) is 5. The van der Waals surface area contributed by atoms with Crippen LogP contribution in [0.2, 0.25) is 0 Å². The Morgan fingerprint density at radius 3 is 2.75 bits per heavy atom. The maximum absolute atomic E-state index is 13.0. The molecule has 0 aliphatic carbocycles. The molecule has 2 aromatic rings. The van der Waals surface area contributed by atoms with Crippen LogP contribution >= 0.6 is 0 Å². The summed E-state index contributed by atoms with van der Waals surface area (Å²) in [6.45, 7) is 0.288. The fourth-order valence-corrected chi connectivity index (χ4v) is 2.19. The van der Waals surface area contributed by atoms with Crippen LogP contribution in [0.5, 0.6) is 0 Å². The third kappa shape index (κ3) is 3.60. The van der Waals surface area contributed by atoms with Gasteiger partial charge in [-0.2, -0.15) is 8.42 Å². The lowest BCUT2D eigenvalue weighted by atomic mass is 10.3. The average Bonchev–Trinajstić information content (AvgIpc) is 2.89. The second-order valence-corrected chi connectivity index (χ2v) is 5.21. The van der Waals surface area contributed by atoms with Gasteiger partial charge in [-0.15, -0.1) is 8.98 Å². The van der Waals surface area contributed by atoms with E-state index in [1.54, 1.807) is 6.20 Å². The van der Waals surface area contributed by atoms with Crippen molar-refractivity contribution < 1.29 is 17.1 Å². The molecule has 0 fully saturated rings. The molecule has 0 saturated heterocycles. The van der Waals surface area contributed by atoms with Gasteiger partial charge in [0.1, 0.15) is 4.90 Å². The average molecular weight is 298 g/mol. The number of para-hydroxylation sites is 1. The molecule has 0 saturated carbocycles. The summed E-state index contributed by atoms with van der Waals surface area (Å²) in [5.41, 5.74) is -0.0846. The molecule has 0 atom stereocenters. The number of benzene rings is 1. The second kappa shape index (κ2) is 5.78. The molecular formula is C11H11FN4O3S. The minimum Gasteiger partial charge on any atom is -0.325 e. The predicted molar refractivity (Wildman–Crippen MR) is 68.0 cm³/mol. The van der Waals surface area contributed by atoms with E-state index in [1.807, 2.05) is 0 Å². The van der Waals surface area contributed by atoms with Gasteiger partial charge in [-0.25, -0.2) is 0 Å². The van der Waals surface area contributed by atoms with E-state index < -0.39 is 21.0 Å². The molecule has 20 heavy (non-hydrogen) atoms. The van der Waals surface area contributed by atoms with Crippen LogP contribution in [0.3, 0.4) is 0 Å². The second-order valence-electron chi connectivity index (χ2n) is 3.90. The van der Waals surface area contributed by atoms with E-state index in [-0.39, 0.29) is 18.7 Å². The number of carbonyl (C=O) groups is 1. The van der Waals surface area contributed by atoms with Crippen molar-refractivity contribution in [3.63, 3.8) is 0 Å². The third-order valence-corrected chi connectivity index (χ3v) is 3.35. The van der Waals surface area contributed by atoms with Crippen LogP contribution in [0.1, 0.15) is 6.42 Å². The summed E-state index contributed by atoms with van der Waals surface area (Å²) in [7, 11) is -4.88. The first-order valence-corrected chi connectivity index (χ1v) is 7.03. The van der Waals surface area contributed by atoms with Gasteiger partial charge in [0.15, 0.2) is 0 Å². The van der Waals surface area contributed by atoms with Crippen LogP contribution in [0.15, 0.2) is 41.6 Å². The normalized spacial score (nSPS) is 11.2. The Hall–Kier alpha value is -2.29. The lowest BCUT2D eigenvalue weighted by Gasteiger charge is -2.08. The van der Waals surface area contributed by atoms with E-state index in [0.717, 1.165) is 6.07 Å². The first-order valence-electron chi connectivity index (χ1n) is 5.64. The number of rotatable bonds is 5. The zero-order valence-corrected chi connectivity index (χ0v) is 11.0. The van der Waals surface area contributed by atoms with Gasteiger partial charge in [-0.1, -0.05) is 17.3 Å². The molecule has 0 unspecified atom stereocenters. The maximum Gasteiger partial charge on any atom is 0.334 e. The first kappa shape index (κ1) is 14.1. The molecule has 1 heterocycles. The van der Waals surface area contributed by atoms with E-state index in [9.17, 15) is 17.1 Å². The molecular weight excluding hydrogens is 287 g/mol. The molecule has 9 heteroatoms. The van der Waals surface area contributed by atoms with Gasteiger partial charge in [0.2, 0.25) is 5.91 Å². The lowest BCUT2D eigenvalue weighted by Crippen LogP contribution is -2.16. The van der Waals surface area contributed by atoms with E-state index in [1.165, 1.54) is 29.1 Å². The van der Waals surface area contributed by atoms with Gasteiger partial charge in [0, 0.05) is 12.6 Å². The SMILES string of the molecule is O=C(CCn1ccnn1)Nc1ccccc1S(=O)(=O)F. The molecule has 0 aliphatic rings. The van der Waals surface area contributed by atoms with E-state index in [2.05, 4.69) is 15.6 Å². The van der Waals surface area contributed by atoms with Gasteiger partial charge >= 0.3 is 10.2 Å². The Morgan fingerprint density at radius 2 is 2.10 bits per heavy atom. The number of nitrogens with one attached hydrogen (secondary N) is 1. The summed E-state index contributed by atoms with van der Waals surface area (Å²) >= 11 is 0. The standard InChI is InChI=1S/C11H11FN4O3S/c12-20(18,19)10-4-2-1-3-9(10)14-11(17)5-7-16-8-6-13-15-16/h1-4,6,8H,5,7H2,(H,14,17). The third-order valence-electron chi connectivity index (χ3n) is 2.46. The van der Waals surface area contributed by atoms with Crippen molar-refractivity contribution in [3.05, 3.63) is 36.7 Å². The molecule has 0 spiro atoms. The Bertz CT molecular complexity index is 700. The minimum atomic E-state index is -4.88. The van der Waals surface area contributed by atoms with E-state index in [4.69, 9.17) is 0 Å². The Morgan fingerprint density at radius 1 is 1.35 bits per heavy atom. The monoisotopic (exact) mass is 298 g/mol. The number of halogens is 1. The molecule has 7 nitrogen and oxygen atoms in total. The Kier molecular flexibility index (Phi) is 4.08. The Labute approximate surface area is 114 Å². The highest BCUT2D eigenvalue weighted by atomic mass is 32.3. The van der Waals surface area contributed by atoms with Gasteiger partial charge in [-0.05, 0) is 12.1 Å². The summed E-state index contributed by atoms with van der Waals surface area (Å²) in [6, 6.07) is 5.28. The zero-order valence-electron chi connectivity index (χ0n) is 10.2. The number of amides is 1. The topological polar surface area (TPSA) is 93.9 Å². The van der Waals surface area contributed by atoms with E-state index in [0.29, 0.717) is 0 Å². The fraction of sp³-hybridized carbons (Fsp3) is 0.182. The minimum absolute atomic E-state index is 0.0596. The summed E-state index contributed by atoms with van der Waals surface area (Å²) in [4.78, 5) is 11.1. The molecule has 1 N–H and O–H groups in total. The van der Waals surface area contributed by atoms with Crippen molar-refractivity contribution in [2.75, 3.05) is 5.32 Å². The smallest absolute Gasteiger partial charge is 0.325 e. The van der Waals surface area contributed by atoms with Gasteiger partial charge in [0.25, 0.3) is 0 Å². The molecule has 106 valence electrons. The zero-order chi connectivity index (χ0) is 14.6. The summed E-state index contributed by atoms with van der Waals surface area (Å²) in [5, 5.41) is 9.63. The number of carbonyl (C=O) groups excluding carboxylic acids is 1. The van der Waals surface area contributed by atoms with Crippen molar-refractivity contribution in [1.82, 2.24) is 15.0 Å². The quantitative estimate of drug-likeness (QED) is 0.830. The molecule has 0 aliphatic heterocycles. The van der Waals surface area contributed by atoms with Gasteiger partial charge in [-0.3, -0.25) is 9.48 Å². The molecule has 0 bridgehead atoms. The van der Waals surface area contributed by atoms with Crippen LogP contribution in [-0.2, 0) is 21.6 Å². The summed E-state index contributed by atoms with van der Waals surface area (Å²) < 4.78 is 36.4. The number of aromatic nitrogens is 3. The predicted octanol–water partition coefficient (Wildman–Crippen LogP) is 0.965. The van der Waals surface area contributed by atoms with Crippen LogP contribution in [0, 0.1) is 0 Å². The number of nitrogens with zero attached hydrogens (tertiary/aromatic N) is 3. The summed E-state index contributed by atoms with van der Waals surface area (Å²) in [5.74, 6) is -0.448. The highest BCUT2D eigenvalue weighted by Crippen LogP contribution is 2.22. The van der Waals surface area contributed by atoms with Crippen LogP contribution in [-0.4, -0.2) is 29.3 Å². The number of aryl methyl sites for hydroxylation is 1. The molecule has 1 aromatic carbocycles. The molecule has 0 radical (unpaired) electrons. The van der Waals surface area contributed by atoms with Crippen LogP contribution in [0.4, 0.5) is 9.57 Å². The number of anilines is 1. The highest BCUT2D eigenvalue weighted by Gasteiger charge is 2.17. The van der Waals surface area contributed by atoms with Gasteiger partial charge < -0.3 is 5.32 Å². The highest BCUT2D eigenvalue weighted by molar-refractivity contribution is 7.86.